The minimum absolute atomic E-state index is 0.0133. The molecule has 0 amide bonds. The van der Waals surface area contributed by atoms with Gasteiger partial charge in [-0.2, -0.15) is 0 Å². The molecule has 3 rings (SSSR count). The first kappa shape index (κ1) is 23.4. The first-order chi connectivity index (χ1) is 14.8. The van der Waals surface area contributed by atoms with Crippen LogP contribution >= 0.6 is 11.3 Å². The first-order valence-corrected chi connectivity index (χ1v) is 12.2. The summed E-state index contributed by atoms with van der Waals surface area (Å²) in [5, 5.41) is 6.55. The molecule has 0 aliphatic carbocycles. The fourth-order valence-electron chi connectivity index (χ4n) is 3.83. The Bertz CT molecular complexity index is 947. The normalized spacial score (nSPS) is 12.7. The Kier molecular flexibility index (Phi) is 7.84. The number of rotatable bonds is 9. The Morgan fingerprint density at radius 2 is 1.68 bits per heavy atom. The summed E-state index contributed by atoms with van der Waals surface area (Å²) in [4.78, 5) is 9.13. The Morgan fingerprint density at radius 1 is 1.00 bits per heavy atom. The zero-order valence-corrected chi connectivity index (χ0v) is 20.5. The summed E-state index contributed by atoms with van der Waals surface area (Å²) < 4.78 is 0. The second kappa shape index (κ2) is 10.4. The van der Waals surface area contributed by atoms with E-state index in [2.05, 4.69) is 75.4 Å². The van der Waals surface area contributed by atoms with Crippen LogP contribution in [-0.4, -0.2) is 22.6 Å². The number of hydrogen-bond acceptors (Lipinski definition) is 5. The molecule has 5 heteroatoms. The molecule has 0 bridgehead atoms. The predicted molar refractivity (Wildman–Crippen MR) is 134 cm³/mol. The highest BCUT2D eigenvalue weighted by Gasteiger charge is 2.20. The van der Waals surface area contributed by atoms with Crippen molar-refractivity contribution in [2.24, 2.45) is 5.73 Å². The van der Waals surface area contributed by atoms with Gasteiger partial charge in [-0.1, -0.05) is 59.7 Å². The molecule has 166 valence electrons. The average molecular weight is 437 g/mol. The van der Waals surface area contributed by atoms with Gasteiger partial charge in [-0.15, -0.1) is 11.3 Å². The summed E-state index contributed by atoms with van der Waals surface area (Å²) in [5.41, 5.74) is 14.0. The Morgan fingerprint density at radius 3 is 2.23 bits per heavy atom. The molecule has 1 unspecified atom stereocenters. The van der Waals surface area contributed by atoms with E-state index in [1.54, 1.807) is 17.5 Å². The van der Waals surface area contributed by atoms with E-state index < -0.39 is 0 Å². The number of anilines is 1. The van der Waals surface area contributed by atoms with Crippen LogP contribution in [0.2, 0.25) is 0 Å². The second-order valence-corrected chi connectivity index (χ2v) is 10.1. The predicted octanol–water partition coefficient (Wildman–Crippen LogP) is 6.56. The van der Waals surface area contributed by atoms with E-state index >= 15 is 0 Å². The van der Waals surface area contributed by atoms with Crippen LogP contribution in [0.5, 0.6) is 0 Å². The zero-order chi connectivity index (χ0) is 22.5. The molecule has 0 spiro atoms. The molecule has 0 aliphatic rings. The first-order valence-electron chi connectivity index (χ1n) is 11.3. The van der Waals surface area contributed by atoms with E-state index in [-0.39, 0.29) is 6.04 Å². The molecule has 0 radical (unpaired) electrons. The van der Waals surface area contributed by atoms with Crippen molar-refractivity contribution in [2.45, 2.75) is 71.8 Å². The number of aromatic nitrogens is 2. The van der Waals surface area contributed by atoms with Crippen molar-refractivity contribution in [3.05, 3.63) is 64.3 Å². The van der Waals surface area contributed by atoms with Crippen LogP contribution in [0.25, 0.3) is 11.3 Å². The van der Waals surface area contributed by atoms with Crippen molar-refractivity contribution < 1.29 is 0 Å². The van der Waals surface area contributed by atoms with Gasteiger partial charge in [0.1, 0.15) is 0 Å². The summed E-state index contributed by atoms with van der Waals surface area (Å²) in [5.74, 6) is 1.40. The van der Waals surface area contributed by atoms with Crippen LogP contribution in [0.1, 0.15) is 81.5 Å². The van der Waals surface area contributed by atoms with Crippen molar-refractivity contribution >= 4 is 16.5 Å². The number of benzene rings is 1. The van der Waals surface area contributed by atoms with Crippen LogP contribution in [0.3, 0.4) is 0 Å². The maximum absolute atomic E-state index is 6.33. The van der Waals surface area contributed by atoms with Crippen molar-refractivity contribution in [1.82, 2.24) is 9.97 Å². The van der Waals surface area contributed by atoms with Gasteiger partial charge in [0.05, 0.1) is 5.69 Å². The number of thiazole rings is 1. The summed E-state index contributed by atoms with van der Waals surface area (Å²) >= 11 is 1.65. The minimum Gasteiger partial charge on any atom is -0.360 e. The summed E-state index contributed by atoms with van der Waals surface area (Å²) in [6.07, 6.45) is 4.46. The fourth-order valence-corrected chi connectivity index (χ4v) is 4.55. The molecule has 31 heavy (non-hydrogen) atoms. The molecule has 1 atom stereocenters. The highest BCUT2D eigenvalue weighted by atomic mass is 32.1. The Balaban J connectivity index is 1.82. The number of nitrogens with one attached hydrogen (secondary N) is 1. The standard InChI is InChI=1S/C26H36N4S/c1-16(2)20-11-22(17(3)4)25(23(12-20)18(5)6)24-15-31-26(30-24)29-14-21(27)10-19-8-7-9-28-13-19/h7-9,11-13,15-18,21H,10,14,27H2,1-6H3,(H,29,30). The van der Waals surface area contributed by atoms with Gasteiger partial charge in [-0.05, 0) is 52.5 Å². The highest BCUT2D eigenvalue weighted by Crippen LogP contribution is 2.39. The van der Waals surface area contributed by atoms with Crippen molar-refractivity contribution in [2.75, 3.05) is 11.9 Å². The van der Waals surface area contributed by atoms with Gasteiger partial charge in [-0.3, -0.25) is 4.98 Å². The largest absolute Gasteiger partial charge is 0.360 e. The zero-order valence-electron chi connectivity index (χ0n) is 19.6. The quantitative estimate of drug-likeness (QED) is 0.399. The van der Waals surface area contributed by atoms with E-state index in [1.807, 2.05) is 12.3 Å². The third kappa shape index (κ3) is 5.92. The van der Waals surface area contributed by atoms with Crippen molar-refractivity contribution in [3.8, 4) is 11.3 Å². The van der Waals surface area contributed by atoms with E-state index in [0.717, 1.165) is 22.8 Å². The van der Waals surface area contributed by atoms with Crippen LogP contribution in [-0.2, 0) is 6.42 Å². The topological polar surface area (TPSA) is 63.8 Å². The van der Waals surface area contributed by atoms with Gasteiger partial charge in [0.15, 0.2) is 5.13 Å². The summed E-state index contributed by atoms with van der Waals surface area (Å²) in [6.45, 7) is 14.3. The number of hydrogen-bond donors (Lipinski definition) is 2. The number of nitrogens with zero attached hydrogens (tertiary/aromatic N) is 2. The second-order valence-electron chi connectivity index (χ2n) is 9.28. The highest BCUT2D eigenvalue weighted by molar-refractivity contribution is 7.14. The molecule has 3 aromatic rings. The molecule has 0 fully saturated rings. The molecule has 2 aromatic heterocycles. The van der Waals surface area contributed by atoms with Crippen LogP contribution in [0, 0.1) is 0 Å². The molecular weight excluding hydrogens is 400 g/mol. The third-order valence-electron chi connectivity index (χ3n) is 5.63. The summed E-state index contributed by atoms with van der Waals surface area (Å²) in [7, 11) is 0. The monoisotopic (exact) mass is 436 g/mol. The van der Waals surface area contributed by atoms with Crippen LogP contribution in [0.4, 0.5) is 5.13 Å². The van der Waals surface area contributed by atoms with Gasteiger partial charge in [0.25, 0.3) is 0 Å². The number of nitrogens with two attached hydrogens (primary N) is 1. The van der Waals surface area contributed by atoms with Crippen LogP contribution in [0.15, 0.2) is 42.0 Å². The molecule has 0 aliphatic heterocycles. The lowest BCUT2D eigenvalue weighted by atomic mass is 9.83. The number of pyridine rings is 1. The Hall–Kier alpha value is -2.24. The maximum atomic E-state index is 6.33. The van der Waals surface area contributed by atoms with Gasteiger partial charge in [0.2, 0.25) is 0 Å². The van der Waals surface area contributed by atoms with Crippen molar-refractivity contribution in [3.63, 3.8) is 0 Å². The third-order valence-corrected chi connectivity index (χ3v) is 6.43. The lowest BCUT2D eigenvalue weighted by molar-refractivity contribution is 0.697. The van der Waals surface area contributed by atoms with Gasteiger partial charge >= 0.3 is 0 Å². The smallest absolute Gasteiger partial charge is 0.183 e. The van der Waals surface area contributed by atoms with Crippen molar-refractivity contribution in [1.29, 1.82) is 0 Å². The van der Waals surface area contributed by atoms with Gasteiger partial charge < -0.3 is 11.1 Å². The van der Waals surface area contributed by atoms with E-state index in [4.69, 9.17) is 10.7 Å². The molecule has 2 heterocycles. The Labute approximate surface area is 191 Å². The van der Waals surface area contributed by atoms with E-state index in [1.165, 1.54) is 22.3 Å². The maximum Gasteiger partial charge on any atom is 0.183 e. The van der Waals surface area contributed by atoms with Crippen LogP contribution < -0.4 is 11.1 Å². The molecule has 1 aromatic carbocycles. The minimum atomic E-state index is 0.0133. The molecule has 3 N–H and O–H groups in total. The van der Waals surface area contributed by atoms with E-state index in [9.17, 15) is 0 Å². The van der Waals surface area contributed by atoms with Gasteiger partial charge in [0, 0.05) is 35.9 Å². The SMILES string of the molecule is CC(C)c1cc(C(C)C)c(-c2csc(NCC(N)Cc3cccnc3)n2)c(C(C)C)c1. The average Bonchev–Trinajstić information content (AvgIpc) is 3.20. The molecule has 0 saturated carbocycles. The van der Waals surface area contributed by atoms with E-state index in [0.29, 0.717) is 24.3 Å². The fraction of sp³-hybridized carbons (Fsp3) is 0.462. The molecular formula is C26H36N4S. The van der Waals surface area contributed by atoms with Gasteiger partial charge in [-0.25, -0.2) is 4.98 Å². The lowest BCUT2D eigenvalue weighted by Crippen LogP contribution is -2.31. The summed E-state index contributed by atoms with van der Waals surface area (Å²) in [6, 6.07) is 8.79. The molecule has 0 saturated heterocycles. The lowest BCUT2D eigenvalue weighted by Gasteiger charge is -2.22. The molecule has 4 nitrogen and oxygen atoms in total.